The van der Waals surface area contributed by atoms with Gasteiger partial charge >= 0.3 is 0 Å². The lowest BCUT2D eigenvalue weighted by atomic mass is 10.2. The third-order valence-corrected chi connectivity index (χ3v) is 2.95. The van der Waals surface area contributed by atoms with E-state index in [-0.39, 0.29) is 6.61 Å². The summed E-state index contributed by atoms with van der Waals surface area (Å²) in [6.07, 6.45) is 5.22. The first-order valence-electron chi connectivity index (χ1n) is 6.54. The van der Waals surface area contributed by atoms with E-state index < -0.39 is 0 Å². The fourth-order valence-electron chi connectivity index (χ4n) is 1.73. The van der Waals surface area contributed by atoms with Crippen molar-refractivity contribution in [3.05, 3.63) is 12.4 Å². The third-order valence-electron chi connectivity index (χ3n) is 2.95. The van der Waals surface area contributed by atoms with Gasteiger partial charge in [0.2, 0.25) is 0 Å². The van der Waals surface area contributed by atoms with Crippen LogP contribution < -0.4 is 9.80 Å². The lowest BCUT2D eigenvalue weighted by Crippen LogP contribution is -2.24. The first-order chi connectivity index (χ1) is 8.69. The van der Waals surface area contributed by atoms with Crippen molar-refractivity contribution in [3.8, 4) is 0 Å². The first-order valence-corrected chi connectivity index (χ1v) is 6.54. The molecule has 1 heterocycles. The molecule has 1 aromatic heterocycles. The molecule has 0 unspecified atom stereocenters. The van der Waals surface area contributed by atoms with Crippen molar-refractivity contribution in [2.24, 2.45) is 0 Å². The summed E-state index contributed by atoms with van der Waals surface area (Å²) in [5, 5.41) is 8.92. The van der Waals surface area contributed by atoms with Crippen molar-refractivity contribution in [2.45, 2.75) is 26.2 Å². The summed E-state index contributed by atoms with van der Waals surface area (Å²) >= 11 is 0. The standard InChI is InChI=1S/C13H24N4O/c1-4-5-6-7-16(2)12-10-13(15-11-14-12)17(3)8-9-18/h10-11,18H,4-9H2,1-3H3. The predicted octanol–water partition coefficient (Wildman–Crippen LogP) is 1.53. The van der Waals surface area contributed by atoms with Crippen molar-refractivity contribution in [1.29, 1.82) is 0 Å². The molecule has 102 valence electrons. The van der Waals surface area contributed by atoms with Crippen molar-refractivity contribution < 1.29 is 5.11 Å². The number of unbranched alkanes of at least 4 members (excludes halogenated alkanes) is 2. The molecule has 0 fully saturated rings. The minimum Gasteiger partial charge on any atom is -0.395 e. The summed E-state index contributed by atoms with van der Waals surface area (Å²) in [5.74, 6) is 1.78. The molecule has 0 aliphatic heterocycles. The summed E-state index contributed by atoms with van der Waals surface area (Å²) < 4.78 is 0. The second-order valence-corrected chi connectivity index (χ2v) is 4.51. The van der Waals surface area contributed by atoms with Gasteiger partial charge in [-0.3, -0.25) is 0 Å². The van der Waals surface area contributed by atoms with Gasteiger partial charge in [0.05, 0.1) is 6.61 Å². The molecular weight excluding hydrogens is 228 g/mol. The Morgan fingerprint density at radius 1 is 1.06 bits per heavy atom. The topological polar surface area (TPSA) is 52.5 Å². The Bertz CT molecular complexity index is 346. The molecule has 1 N–H and O–H groups in total. The molecule has 0 aromatic carbocycles. The average Bonchev–Trinajstić information content (AvgIpc) is 2.39. The maximum Gasteiger partial charge on any atom is 0.133 e. The molecule has 0 aliphatic carbocycles. The summed E-state index contributed by atoms with van der Waals surface area (Å²) in [7, 11) is 3.97. The number of hydrogen-bond acceptors (Lipinski definition) is 5. The zero-order valence-corrected chi connectivity index (χ0v) is 11.6. The monoisotopic (exact) mass is 252 g/mol. The van der Waals surface area contributed by atoms with Gasteiger partial charge in [-0.15, -0.1) is 0 Å². The molecule has 0 amide bonds. The zero-order valence-electron chi connectivity index (χ0n) is 11.6. The maximum atomic E-state index is 8.92. The van der Waals surface area contributed by atoms with E-state index in [1.54, 1.807) is 6.33 Å². The molecule has 0 aliphatic rings. The summed E-state index contributed by atoms with van der Waals surface area (Å²) in [6, 6.07) is 1.96. The fraction of sp³-hybridized carbons (Fsp3) is 0.692. The molecule has 0 atom stereocenters. The van der Waals surface area contributed by atoms with E-state index in [1.807, 2.05) is 25.1 Å². The van der Waals surface area contributed by atoms with Crippen LogP contribution in [-0.2, 0) is 0 Å². The summed E-state index contributed by atoms with van der Waals surface area (Å²) in [5.41, 5.74) is 0. The average molecular weight is 252 g/mol. The van der Waals surface area contributed by atoms with E-state index >= 15 is 0 Å². The Morgan fingerprint density at radius 2 is 1.67 bits per heavy atom. The van der Waals surface area contributed by atoms with Crippen molar-refractivity contribution in [1.82, 2.24) is 9.97 Å². The number of likely N-dealkylation sites (N-methyl/N-ethyl adjacent to an activating group) is 1. The van der Waals surface area contributed by atoms with Gasteiger partial charge < -0.3 is 14.9 Å². The second kappa shape index (κ2) is 7.87. The molecule has 0 saturated heterocycles. The Morgan fingerprint density at radius 3 is 2.22 bits per heavy atom. The lowest BCUT2D eigenvalue weighted by molar-refractivity contribution is 0.304. The number of anilines is 2. The maximum absolute atomic E-state index is 8.92. The number of aromatic nitrogens is 2. The van der Waals surface area contributed by atoms with Crippen LogP contribution in [0.1, 0.15) is 26.2 Å². The number of rotatable bonds is 8. The molecule has 0 bridgehead atoms. The molecule has 0 saturated carbocycles. The van der Waals surface area contributed by atoms with Gasteiger partial charge in [0.1, 0.15) is 18.0 Å². The lowest BCUT2D eigenvalue weighted by Gasteiger charge is -2.21. The van der Waals surface area contributed by atoms with Crippen molar-refractivity contribution in [3.63, 3.8) is 0 Å². The van der Waals surface area contributed by atoms with Gasteiger partial charge in [-0.1, -0.05) is 19.8 Å². The van der Waals surface area contributed by atoms with E-state index in [0.29, 0.717) is 6.54 Å². The summed E-state index contributed by atoms with van der Waals surface area (Å²) in [4.78, 5) is 12.6. The second-order valence-electron chi connectivity index (χ2n) is 4.51. The molecule has 0 radical (unpaired) electrons. The SMILES string of the molecule is CCCCCN(C)c1cc(N(C)CCO)ncn1. The van der Waals surface area contributed by atoms with Crippen LogP contribution >= 0.6 is 0 Å². The zero-order chi connectivity index (χ0) is 13.4. The molecule has 0 spiro atoms. The highest BCUT2D eigenvalue weighted by Gasteiger charge is 2.07. The van der Waals surface area contributed by atoms with Crippen LogP contribution in [0.5, 0.6) is 0 Å². The van der Waals surface area contributed by atoms with Crippen LogP contribution in [0.2, 0.25) is 0 Å². The quantitative estimate of drug-likeness (QED) is 0.711. The van der Waals surface area contributed by atoms with E-state index in [2.05, 4.69) is 21.8 Å². The minimum atomic E-state index is 0.127. The highest BCUT2D eigenvalue weighted by Crippen LogP contribution is 2.15. The van der Waals surface area contributed by atoms with E-state index in [1.165, 1.54) is 19.3 Å². The Labute approximate surface area is 109 Å². The molecule has 18 heavy (non-hydrogen) atoms. The molecule has 5 nitrogen and oxygen atoms in total. The largest absolute Gasteiger partial charge is 0.395 e. The van der Waals surface area contributed by atoms with Crippen LogP contribution in [-0.4, -0.2) is 48.9 Å². The third kappa shape index (κ3) is 4.49. The van der Waals surface area contributed by atoms with Crippen LogP contribution in [0.4, 0.5) is 11.6 Å². The van der Waals surface area contributed by atoms with Gasteiger partial charge in [0.15, 0.2) is 0 Å². The van der Waals surface area contributed by atoms with Gasteiger partial charge in [-0.05, 0) is 6.42 Å². The van der Waals surface area contributed by atoms with E-state index in [9.17, 15) is 0 Å². The van der Waals surface area contributed by atoms with Crippen molar-refractivity contribution >= 4 is 11.6 Å². The number of hydrogen-bond donors (Lipinski definition) is 1. The van der Waals surface area contributed by atoms with Crippen LogP contribution in [0.15, 0.2) is 12.4 Å². The first kappa shape index (κ1) is 14.7. The highest BCUT2D eigenvalue weighted by atomic mass is 16.3. The predicted molar refractivity (Wildman–Crippen MR) is 75.2 cm³/mol. The van der Waals surface area contributed by atoms with E-state index in [4.69, 9.17) is 5.11 Å². The number of aliphatic hydroxyl groups excluding tert-OH is 1. The Hall–Kier alpha value is -1.36. The molecular formula is C13H24N4O. The normalized spacial score (nSPS) is 10.4. The summed E-state index contributed by atoms with van der Waals surface area (Å²) in [6.45, 7) is 3.92. The van der Waals surface area contributed by atoms with Crippen molar-refractivity contribution in [2.75, 3.05) is 43.6 Å². The van der Waals surface area contributed by atoms with Gasteiger partial charge in [0.25, 0.3) is 0 Å². The molecule has 5 heteroatoms. The van der Waals surface area contributed by atoms with Crippen LogP contribution in [0.3, 0.4) is 0 Å². The fourth-order valence-corrected chi connectivity index (χ4v) is 1.73. The van der Waals surface area contributed by atoms with Gasteiger partial charge in [-0.25, -0.2) is 9.97 Å². The van der Waals surface area contributed by atoms with Gasteiger partial charge in [0, 0.05) is 33.3 Å². The van der Waals surface area contributed by atoms with E-state index in [0.717, 1.165) is 18.2 Å². The highest BCUT2D eigenvalue weighted by molar-refractivity contribution is 5.49. The smallest absolute Gasteiger partial charge is 0.133 e. The number of nitrogens with zero attached hydrogens (tertiary/aromatic N) is 4. The van der Waals surface area contributed by atoms with Gasteiger partial charge in [-0.2, -0.15) is 0 Å². The Balaban J connectivity index is 2.63. The van der Waals surface area contributed by atoms with Crippen LogP contribution in [0, 0.1) is 0 Å². The number of aliphatic hydroxyl groups is 1. The molecule has 1 rings (SSSR count). The van der Waals surface area contributed by atoms with Crippen LogP contribution in [0.25, 0.3) is 0 Å². The Kier molecular flexibility index (Phi) is 6.43. The molecule has 1 aromatic rings. The minimum absolute atomic E-state index is 0.127.